The first-order chi connectivity index (χ1) is 8.61. The molecule has 100 valence electrons. The molecule has 0 radical (unpaired) electrons. The minimum Gasteiger partial charge on any atom is -0.370 e. The second-order valence-corrected chi connectivity index (χ2v) is 4.58. The predicted octanol–water partition coefficient (Wildman–Crippen LogP) is 1.36. The Labute approximate surface area is 112 Å². The summed E-state index contributed by atoms with van der Waals surface area (Å²) in [5.41, 5.74) is 6.36. The number of halogens is 1. The molecule has 0 heterocycles. The van der Waals surface area contributed by atoms with Gasteiger partial charge in [-0.1, -0.05) is 23.7 Å². The Morgan fingerprint density at radius 2 is 2.33 bits per heavy atom. The van der Waals surface area contributed by atoms with Crippen LogP contribution in [0.1, 0.15) is 12.5 Å². The lowest BCUT2D eigenvalue weighted by Gasteiger charge is -2.14. The van der Waals surface area contributed by atoms with Crippen LogP contribution in [0.15, 0.2) is 24.3 Å². The Hall–Kier alpha value is -1.10. The van der Waals surface area contributed by atoms with Crippen molar-refractivity contribution in [3.63, 3.8) is 0 Å². The summed E-state index contributed by atoms with van der Waals surface area (Å²) in [6, 6.07) is 7.65. The minimum atomic E-state index is -0.127. The maximum atomic E-state index is 11.5. The van der Waals surface area contributed by atoms with Gasteiger partial charge in [-0.15, -0.1) is 0 Å². The number of hydrogen-bond acceptors (Lipinski definition) is 3. The number of rotatable bonds is 7. The van der Waals surface area contributed by atoms with Gasteiger partial charge in [0.25, 0.3) is 0 Å². The van der Waals surface area contributed by atoms with E-state index in [1.807, 2.05) is 31.2 Å². The zero-order chi connectivity index (χ0) is 13.4. The molecule has 5 heteroatoms. The second-order valence-electron chi connectivity index (χ2n) is 4.14. The summed E-state index contributed by atoms with van der Waals surface area (Å²) in [4.78, 5) is 11.5. The molecule has 3 N–H and O–H groups in total. The minimum absolute atomic E-state index is 0.0393. The van der Waals surface area contributed by atoms with Crippen molar-refractivity contribution < 1.29 is 9.53 Å². The largest absolute Gasteiger partial charge is 0.370 e. The zero-order valence-electron chi connectivity index (χ0n) is 10.5. The number of carbonyl (C=O) groups is 1. The molecule has 1 unspecified atom stereocenters. The molecule has 0 aliphatic rings. The molecular weight excluding hydrogens is 252 g/mol. The Kier molecular flexibility index (Phi) is 6.72. The van der Waals surface area contributed by atoms with Crippen LogP contribution in [0.2, 0.25) is 5.02 Å². The van der Waals surface area contributed by atoms with Gasteiger partial charge in [0.2, 0.25) is 5.91 Å². The first-order valence-corrected chi connectivity index (χ1v) is 6.31. The van der Waals surface area contributed by atoms with Crippen LogP contribution in [-0.2, 0) is 16.0 Å². The fourth-order valence-electron chi connectivity index (χ4n) is 1.63. The van der Waals surface area contributed by atoms with Gasteiger partial charge in [-0.25, -0.2) is 0 Å². The number of nitrogens with two attached hydrogens (primary N) is 1. The van der Waals surface area contributed by atoms with Crippen molar-refractivity contribution in [2.24, 2.45) is 5.73 Å². The van der Waals surface area contributed by atoms with Crippen molar-refractivity contribution in [1.82, 2.24) is 5.32 Å². The van der Waals surface area contributed by atoms with Crippen LogP contribution < -0.4 is 11.1 Å². The van der Waals surface area contributed by atoms with E-state index in [4.69, 9.17) is 22.1 Å². The van der Waals surface area contributed by atoms with Gasteiger partial charge in [-0.05, 0) is 31.0 Å². The summed E-state index contributed by atoms with van der Waals surface area (Å²) in [5.74, 6) is -0.127. The summed E-state index contributed by atoms with van der Waals surface area (Å²) < 4.78 is 5.06. The normalized spacial score (nSPS) is 12.2. The fraction of sp³-hybridized carbons (Fsp3) is 0.462. The summed E-state index contributed by atoms with van der Waals surface area (Å²) in [7, 11) is 0. The van der Waals surface area contributed by atoms with Crippen LogP contribution in [0.4, 0.5) is 0 Å². The summed E-state index contributed by atoms with van der Waals surface area (Å²) in [6.07, 6.45) is 0.739. The van der Waals surface area contributed by atoms with Crippen LogP contribution in [0.3, 0.4) is 0 Å². The average Bonchev–Trinajstić information content (AvgIpc) is 2.29. The highest BCUT2D eigenvalue weighted by atomic mass is 35.5. The van der Waals surface area contributed by atoms with Crippen molar-refractivity contribution in [1.29, 1.82) is 0 Å². The summed E-state index contributed by atoms with van der Waals surface area (Å²) in [5, 5.41) is 3.56. The van der Waals surface area contributed by atoms with E-state index in [2.05, 4.69) is 5.32 Å². The third-order valence-corrected chi connectivity index (χ3v) is 2.57. The molecular formula is C13H19ClN2O2. The first-order valence-electron chi connectivity index (χ1n) is 5.93. The van der Waals surface area contributed by atoms with Gasteiger partial charge < -0.3 is 15.8 Å². The smallest absolute Gasteiger partial charge is 0.246 e. The van der Waals surface area contributed by atoms with Gasteiger partial charge in [-0.3, -0.25) is 4.79 Å². The van der Waals surface area contributed by atoms with Crippen LogP contribution in [0, 0.1) is 0 Å². The molecule has 1 rings (SSSR count). The van der Waals surface area contributed by atoms with Gasteiger partial charge in [0, 0.05) is 17.6 Å². The third-order valence-electron chi connectivity index (χ3n) is 2.33. The summed E-state index contributed by atoms with van der Waals surface area (Å²) >= 11 is 5.90. The molecule has 1 amide bonds. The maximum Gasteiger partial charge on any atom is 0.246 e. The maximum absolute atomic E-state index is 11.5. The van der Waals surface area contributed by atoms with E-state index >= 15 is 0 Å². The van der Waals surface area contributed by atoms with Crippen molar-refractivity contribution in [2.75, 3.05) is 19.8 Å². The average molecular weight is 271 g/mol. The molecule has 0 saturated heterocycles. The molecule has 0 bridgehead atoms. The Morgan fingerprint density at radius 3 is 3.00 bits per heavy atom. The molecule has 1 aromatic rings. The highest BCUT2D eigenvalue weighted by Crippen LogP contribution is 2.12. The number of carbonyl (C=O) groups excluding carboxylic acids is 1. The SMILES string of the molecule is CC(Cc1cccc(Cl)c1)NC(=O)COCCN. The third kappa shape index (κ3) is 6.00. The fourth-order valence-corrected chi connectivity index (χ4v) is 1.85. The van der Waals surface area contributed by atoms with E-state index in [9.17, 15) is 4.79 Å². The topological polar surface area (TPSA) is 64.3 Å². The van der Waals surface area contributed by atoms with Crippen LogP contribution in [0.5, 0.6) is 0 Å². The lowest BCUT2D eigenvalue weighted by atomic mass is 10.1. The molecule has 4 nitrogen and oxygen atoms in total. The first kappa shape index (κ1) is 15.0. The van der Waals surface area contributed by atoms with Gasteiger partial charge in [0.15, 0.2) is 0 Å². The van der Waals surface area contributed by atoms with E-state index in [1.165, 1.54) is 0 Å². The lowest BCUT2D eigenvalue weighted by molar-refractivity contribution is -0.126. The predicted molar refractivity (Wildman–Crippen MR) is 72.6 cm³/mol. The molecule has 0 spiro atoms. The van der Waals surface area contributed by atoms with Crippen LogP contribution in [0.25, 0.3) is 0 Å². The zero-order valence-corrected chi connectivity index (χ0v) is 11.2. The highest BCUT2D eigenvalue weighted by Gasteiger charge is 2.08. The second kappa shape index (κ2) is 8.08. The number of ether oxygens (including phenoxy) is 1. The van der Waals surface area contributed by atoms with Gasteiger partial charge in [0.05, 0.1) is 6.61 Å². The molecule has 18 heavy (non-hydrogen) atoms. The molecule has 1 aromatic carbocycles. The van der Waals surface area contributed by atoms with Gasteiger partial charge in [-0.2, -0.15) is 0 Å². The molecule has 0 fully saturated rings. The van der Waals surface area contributed by atoms with Crippen LogP contribution >= 0.6 is 11.6 Å². The number of hydrogen-bond donors (Lipinski definition) is 2. The van der Waals surface area contributed by atoms with E-state index < -0.39 is 0 Å². The Balaban J connectivity index is 2.32. The molecule has 0 saturated carbocycles. The lowest BCUT2D eigenvalue weighted by Crippen LogP contribution is -2.36. The number of benzene rings is 1. The van der Waals surface area contributed by atoms with E-state index in [1.54, 1.807) is 0 Å². The van der Waals surface area contributed by atoms with Crippen molar-refractivity contribution >= 4 is 17.5 Å². The van der Waals surface area contributed by atoms with E-state index in [0.29, 0.717) is 18.2 Å². The quantitative estimate of drug-likeness (QED) is 0.736. The standard InChI is InChI=1S/C13H19ClN2O2/c1-10(16-13(17)9-18-6-5-15)7-11-3-2-4-12(14)8-11/h2-4,8,10H,5-7,9,15H2,1H3,(H,16,17). The summed E-state index contributed by atoms with van der Waals surface area (Å²) in [6.45, 7) is 2.82. The Bertz CT molecular complexity index is 385. The monoisotopic (exact) mass is 270 g/mol. The number of nitrogens with one attached hydrogen (secondary N) is 1. The van der Waals surface area contributed by atoms with Crippen molar-refractivity contribution in [2.45, 2.75) is 19.4 Å². The van der Waals surface area contributed by atoms with Gasteiger partial charge >= 0.3 is 0 Å². The molecule has 1 atom stereocenters. The number of amides is 1. The van der Waals surface area contributed by atoms with Crippen molar-refractivity contribution in [3.05, 3.63) is 34.9 Å². The van der Waals surface area contributed by atoms with Crippen molar-refractivity contribution in [3.8, 4) is 0 Å². The molecule has 0 aliphatic carbocycles. The molecule has 0 aliphatic heterocycles. The highest BCUT2D eigenvalue weighted by molar-refractivity contribution is 6.30. The molecule has 0 aromatic heterocycles. The Morgan fingerprint density at radius 1 is 1.56 bits per heavy atom. The van der Waals surface area contributed by atoms with E-state index in [0.717, 1.165) is 12.0 Å². The van der Waals surface area contributed by atoms with Gasteiger partial charge in [0.1, 0.15) is 6.61 Å². The van der Waals surface area contributed by atoms with Crippen LogP contribution in [-0.4, -0.2) is 31.7 Å². The van der Waals surface area contributed by atoms with E-state index in [-0.39, 0.29) is 18.6 Å².